The van der Waals surface area contributed by atoms with Gasteiger partial charge in [0.15, 0.2) is 9.84 Å². The second kappa shape index (κ2) is 10.1. The molecule has 1 saturated heterocycles. The minimum atomic E-state index is -3.37. The Kier molecular flexibility index (Phi) is 6.72. The predicted molar refractivity (Wildman–Crippen MR) is 135 cm³/mol. The summed E-state index contributed by atoms with van der Waals surface area (Å²) in [7, 11) is -3.37. The fraction of sp³-hybridized carbons (Fsp3) is 0.250. The first kappa shape index (κ1) is 25.2. The van der Waals surface area contributed by atoms with Gasteiger partial charge in [0.05, 0.1) is 9.82 Å². The molecule has 1 aliphatic heterocycles. The van der Waals surface area contributed by atoms with Crippen molar-refractivity contribution in [2.75, 3.05) is 29.6 Å². The molecule has 4 aromatic rings. The molecule has 0 bridgehead atoms. The summed E-state index contributed by atoms with van der Waals surface area (Å²) in [5.74, 6) is 0.532. The van der Waals surface area contributed by atoms with E-state index >= 15 is 0 Å². The average molecular weight is 540 g/mol. The first-order chi connectivity index (χ1) is 18.2. The first-order valence-corrected chi connectivity index (χ1v) is 13.5. The van der Waals surface area contributed by atoms with Gasteiger partial charge < -0.3 is 14.6 Å². The third-order valence-corrected chi connectivity index (χ3v) is 7.33. The monoisotopic (exact) mass is 539 g/mol. The van der Waals surface area contributed by atoms with E-state index in [1.165, 1.54) is 42.7 Å². The van der Waals surface area contributed by atoms with Crippen molar-refractivity contribution in [1.82, 2.24) is 20.2 Å². The van der Waals surface area contributed by atoms with Crippen molar-refractivity contribution in [3.63, 3.8) is 0 Å². The van der Waals surface area contributed by atoms with Crippen molar-refractivity contribution >= 4 is 32.8 Å². The average Bonchev–Trinajstić information content (AvgIpc) is 3.39. The summed E-state index contributed by atoms with van der Waals surface area (Å²) in [5.41, 5.74) is 0.775. The van der Waals surface area contributed by atoms with Crippen molar-refractivity contribution in [3.05, 3.63) is 76.7 Å². The molecule has 12 nitrogen and oxygen atoms in total. The van der Waals surface area contributed by atoms with Crippen LogP contribution in [0.15, 0.2) is 64.2 Å². The number of hydrogen-bond donors (Lipinski definition) is 1. The summed E-state index contributed by atoms with van der Waals surface area (Å²) >= 11 is 0. The lowest BCUT2D eigenvalue weighted by Gasteiger charge is -2.31. The van der Waals surface area contributed by atoms with Crippen molar-refractivity contribution in [2.24, 2.45) is 0 Å². The van der Waals surface area contributed by atoms with E-state index in [4.69, 9.17) is 4.42 Å². The van der Waals surface area contributed by atoms with Gasteiger partial charge in [0.25, 0.3) is 0 Å². The second-order valence-corrected chi connectivity index (χ2v) is 10.8. The topological polar surface area (TPSA) is 157 Å². The van der Waals surface area contributed by atoms with E-state index in [2.05, 4.69) is 25.5 Å². The smallest absolute Gasteiger partial charge is 0.353 e. The van der Waals surface area contributed by atoms with Crippen LogP contribution in [0.4, 0.5) is 27.4 Å². The Morgan fingerprint density at radius 1 is 1.05 bits per heavy atom. The van der Waals surface area contributed by atoms with Crippen LogP contribution >= 0.6 is 0 Å². The quantitative estimate of drug-likeness (QED) is 0.266. The summed E-state index contributed by atoms with van der Waals surface area (Å²) in [6.07, 6.45) is 3.54. The highest BCUT2D eigenvalue weighted by Gasteiger charge is 2.32. The van der Waals surface area contributed by atoms with E-state index in [0.717, 1.165) is 6.26 Å². The molecule has 196 valence electrons. The van der Waals surface area contributed by atoms with Gasteiger partial charge in [-0.1, -0.05) is 0 Å². The Morgan fingerprint density at radius 2 is 1.74 bits per heavy atom. The molecule has 0 saturated carbocycles. The van der Waals surface area contributed by atoms with Crippen molar-refractivity contribution < 1.29 is 22.1 Å². The Balaban J connectivity index is 1.31. The van der Waals surface area contributed by atoms with Crippen LogP contribution in [-0.4, -0.2) is 52.9 Å². The summed E-state index contributed by atoms with van der Waals surface area (Å²) in [6, 6.07) is 11.6. The number of nitrogens with zero attached hydrogens (tertiary/aromatic N) is 6. The second-order valence-electron chi connectivity index (χ2n) is 8.79. The van der Waals surface area contributed by atoms with Gasteiger partial charge in [-0.25, -0.2) is 22.8 Å². The number of aromatic nitrogens is 4. The Labute approximate surface area is 216 Å². The zero-order valence-electron chi connectivity index (χ0n) is 20.1. The van der Waals surface area contributed by atoms with Crippen molar-refractivity contribution in [3.8, 4) is 11.5 Å². The molecule has 1 N–H and O–H groups in total. The van der Waals surface area contributed by atoms with E-state index in [-0.39, 0.29) is 34.0 Å². The normalized spacial score (nSPS) is 14.4. The zero-order valence-corrected chi connectivity index (χ0v) is 20.9. The minimum absolute atomic E-state index is 0.00456. The number of anilines is 3. The Hall–Kier alpha value is -4.46. The zero-order chi connectivity index (χ0) is 26.9. The van der Waals surface area contributed by atoms with E-state index in [9.17, 15) is 22.9 Å². The molecule has 0 radical (unpaired) electrons. The minimum Gasteiger partial charge on any atom is -0.420 e. The van der Waals surface area contributed by atoms with E-state index < -0.39 is 14.8 Å². The molecule has 0 unspecified atom stereocenters. The third-order valence-electron chi connectivity index (χ3n) is 6.21. The maximum atomic E-state index is 13.2. The van der Waals surface area contributed by atoms with Crippen LogP contribution in [0.5, 0.6) is 0 Å². The van der Waals surface area contributed by atoms with Crippen LogP contribution in [0.2, 0.25) is 0 Å². The number of sulfone groups is 1. The molecule has 38 heavy (non-hydrogen) atoms. The molecule has 14 heteroatoms. The van der Waals surface area contributed by atoms with Gasteiger partial charge in [-0.05, 0) is 61.4 Å². The molecule has 1 fully saturated rings. The van der Waals surface area contributed by atoms with Crippen LogP contribution in [0.1, 0.15) is 24.7 Å². The van der Waals surface area contributed by atoms with Crippen molar-refractivity contribution in [1.29, 1.82) is 0 Å². The van der Waals surface area contributed by atoms with Crippen LogP contribution in [-0.2, 0) is 9.84 Å². The van der Waals surface area contributed by atoms with Crippen LogP contribution in [0.3, 0.4) is 0 Å². The predicted octanol–water partition coefficient (Wildman–Crippen LogP) is 4.11. The highest BCUT2D eigenvalue weighted by molar-refractivity contribution is 7.90. The molecule has 2 aromatic heterocycles. The van der Waals surface area contributed by atoms with Crippen LogP contribution < -0.4 is 10.2 Å². The van der Waals surface area contributed by atoms with E-state index in [0.29, 0.717) is 49.0 Å². The number of nitro groups is 1. The standard InChI is InChI=1S/C24H22FN7O5S/c1-38(35,36)19-8-6-18(7-9-19)28-21-20(32(33)34)22(27-14-26-21)31-12-10-16(11-13-31)24-30-29-23(37-24)15-2-4-17(25)5-3-15/h2-9,14,16H,10-13H2,1H3,(H,26,27,28). The molecule has 0 spiro atoms. The Bertz CT molecular complexity index is 1570. The lowest BCUT2D eigenvalue weighted by molar-refractivity contribution is -0.383. The molecule has 0 atom stereocenters. The number of rotatable bonds is 7. The van der Waals surface area contributed by atoms with E-state index in [1.54, 1.807) is 12.1 Å². The molecule has 5 rings (SSSR count). The molecular weight excluding hydrogens is 517 g/mol. The highest BCUT2D eigenvalue weighted by Crippen LogP contribution is 2.37. The molecule has 0 amide bonds. The maximum absolute atomic E-state index is 13.2. The summed E-state index contributed by atoms with van der Waals surface area (Å²) < 4.78 is 42.4. The van der Waals surface area contributed by atoms with E-state index in [1.807, 2.05) is 4.90 Å². The van der Waals surface area contributed by atoms with Gasteiger partial charge >= 0.3 is 5.69 Å². The number of piperidine rings is 1. The lowest BCUT2D eigenvalue weighted by Crippen LogP contribution is -2.34. The van der Waals surface area contributed by atoms with Gasteiger partial charge in [0.1, 0.15) is 12.1 Å². The summed E-state index contributed by atoms with van der Waals surface area (Å²) in [4.78, 5) is 21.7. The molecule has 0 aliphatic carbocycles. The van der Waals surface area contributed by atoms with Crippen LogP contribution in [0.25, 0.3) is 11.5 Å². The lowest BCUT2D eigenvalue weighted by atomic mass is 9.97. The first-order valence-electron chi connectivity index (χ1n) is 11.6. The van der Waals surface area contributed by atoms with Gasteiger partial charge in [-0.3, -0.25) is 10.1 Å². The molecular formula is C24H22FN7O5S. The fourth-order valence-corrected chi connectivity index (χ4v) is 4.86. The fourth-order valence-electron chi connectivity index (χ4n) is 4.23. The number of benzene rings is 2. The largest absolute Gasteiger partial charge is 0.420 e. The third kappa shape index (κ3) is 5.29. The highest BCUT2D eigenvalue weighted by atomic mass is 32.2. The van der Waals surface area contributed by atoms with Crippen molar-refractivity contribution in [2.45, 2.75) is 23.7 Å². The summed E-state index contributed by atoms with van der Waals surface area (Å²) in [6.45, 7) is 0.915. The van der Waals surface area contributed by atoms with Gasteiger partial charge in [0, 0.05) is 36.5 Å². The maximum Gasteiger partial charge on any atom is 0.353 e. The number of halogens is 1. The molecule has 2 aromatic carbocycles. The van der Waals surface area contributed by atoms with Gasteiger partial charge in [0.2, 0.25) is 23.4 Å². The van der Waals surface area contributed by atoms with Crippen LogP contribution in [0, 0.1) is 15.9 Å². The summed E-state index contributed by atoms with van der Waals surface area (Å²) in [5, 5.41) is 23.2. The number of hydrogen-bond acceptors (Lipinski definition) is 11. The SMILES string of the molecule is CS(=O)(=O)c1ccc(Nc2ncnc(N3CCC(c4nnc(-c5ccc(F)cc5)o4)CC3)c2[N+](=O)[O-])cc1. The Morgan fingerprint density at radius 3 is 2.37 bits per heavy atom. The van der Waals surface area contributed by atoms with Gasteiger partial charge in [-0.15, -0.1) is 10.2 Å². The molecule has 1 aliphatic rings. The molecule has 3 heterocycles. The van der Waals surface area contributed by atoms with Gasteiger partial charge in [-0.2, -0.15) is 0 Å². The number of nitrogens with one attached hydrogen (secondary N) is 1.